The molecule has 4 amide bonds. The zero-order valence-electron chi connectivity index (χ0n) is 21.1. The summed E-state index contributed by atoms with van der Waals surface area (Å²) in [7, 11) is 0. The number of hydroxylamine groups is 4. The number of hydrogen-bond acceptors (Lipinski definition) is 13. The molecular weight excluding hydrogens is 516 g/mol. The molecule has 0 aromatic carbocycles. The molecule has 2 heterocycles. The third-order valence-electron chi connectivity index (χ3n) is 5.32. The Kier molecular flexibility index (Phi) is 10.1. The maximum absolute atomic E-state index is 13.0. The van der Waals surface area contributed by atoms with E-state index in [9.17, 15) is 43.5 Å². The van der Waals surface area contributed by atoms with E-state index >= 15 is 0 Å². The van der Waals surface area contributed by atoms with E-state index in [1.165, 1.54) is 27.7 Å². The van der Waals surface area contributed by atoms with Crippen LogP contribution in [-0.4, -0.2) is 75.5 Å². The van der Waals surface area contributed by atoms with Crippen molar-refractivity contribution < 1.29 is 67.3 Å². The Balaban J connectivity index is 2.13. The lowest BCUT2D eigenvalue weighted by atomic mass is 9.90. The number of amides is 4. The van der Waals surface area contributed by atoms with Crippen molar-refractivity contribution >= 4 is 47.9 Å². The van der Waals surface area contributed by atoms with Gasteiger partial charge >= 0.3 is 24.2 Å². The number of rotatable bonds is 11. The zero-order chi connectivity index (χ0) is 28.7. The highest BCUT2D eigenvalue weighted by Gasteiger charge is 2.41. The van der Waals surface area contributed by atoms with Crippen LogP contribution in [0.3, 0.4) is 0 Å². The molecule has 210 valence electrons. The minimum absolute atomic E-state index is 0.162. The van der Waals surface area contributed by atoms with Gasteiger partial charge in [0, 0.05) is 31.6 Å². The number of carboxylic acid groups (broad SMARTS) is 1. The van der Waals surface area contributed by atoms with Crippen LogP contribution >= 0.6 is 0 Å². The van der Waals surface area contributed by atoms with Crippen LogP contribution in [0.25, 0.3) is 0 Å². The van der Waals surface area contributed by atoms with Crippen molar-refractivity contribution in [3.63, 3.8) is 0 Å². The monoisotopic (exact) mass is 544 g/mol. The van der Waals surface area contributed by atoms with E-state index in [0.29, 0.717) is 0 Å². The number of nitrogens with zero attached hydrogens (tertiary/aromatic N) is 2. The Bertz CT molecular complexity index is 974. The number of esters is 1. The normalized spacial score (nSPS) is 17.9. The van der Waals surface area contributed by atoms with Crippen LogP contribution in [0.2, 0.25) is 0 Å². The molecule has 1 N–H and O–H groups in total. The first-order valence-electron chi connectivity index (χ1n) is 11.6. The van der Waals surface area contributed by atoms with Crippen molar-refractivity contribution in [2.45, 2.75) is 72.2 Å². The molecule has 0 aromatic rings. The zero-order valence-corrected chi connectivity index (χ0v) is 21.1. The minimum Gasteiger partial charge on any atom is -0.481 e. The molecule has 0 saturated carbocycles. The first kappa shape index (κ1) is 30.0. The molecule has 0 aliphatic carbocycles. The van der Waals surface area contributed by atoms with Gasteiger partial charge in [0.05, 0.1) is 6.42 Å². The second kappa shape index (κ2) is 12.8. The van der Waals surface area contributed by atoms with Gasteiger partial charge < -0.3 is 19.3 Å². The quantitative estimate of drug-likeness (QED) is 0.219. The molecular formula is C22H28N2O14. The van der Waals surface area contributed by atoms with E-state index in [1.54, 1.807) is 0 Å². The molecule has 16 heteroatoms. The number of aliphatic carboxylic acids is 1. The van der Waals surface area contributed by atoms with Crippen LogP contribution in [-0.2, 0) is 52.7 Å². The van der Waals surface area contributed by atoms with E-state index in [1.807, 2.05) is 0 Å². The Labute approximate surface area is 215 Å². The lowest BCUT2D eigenvalue weighted by Gasteiger charge is -2.29. The summed E-state index contributed by atoms with van der Waals surface area (Å²) < 4.78 is 15.2. The summed E-state index contributed by atoms with van der Waals surface area (Å²) in [6, 6.07) is 0. The molecule has 2 saturated heterocycles. The molecule has 16 nitrogen and oxygen atoms in total. The van der Waals surface area contributed by atoms with E-state index < -0.39 is 84.4 Å². The smallest absolute Gasteiger partial charge is 0.481 e. The summed E-state index contributed by atoms with van der Waals surface area (Å²) in [5, 5.41) is 9.78. The number of carbonyl (C=O) groups excluding carboxylic acids is 7. The Morgan fingerprint density at radius 1 is 0.711 bits per heavy atom. The molecule has 2 aliphatic rings. The predicted octanol–water partition coefficient (Wildman–Crippen LogP) is 1.06. The predicted molar refractivity (Wildman–Crippen MR) is 116 cm³/mol. The van der Waals surface area contributed by atoms with Gasteiger partial charge in [-0.1, -0.05) is 37.8 Å². The Morgan fingerprint density at radius 3 is 1.50 bits per heavy atom. The summed E-state index contributed by atoms with van der Waals surface area (Å²) in [4.78, 5) is 105. The summed E-state index contributed by atoms with van der Waals surface area (Å²) in [5.41, 5.74) is 0. The van der Waals surface area contributed by atoms with Crippen molar-refractivity contribution in [2.24, 2.45) is 17.8 Å². The Hall–Kier alpha value is -4.24. The maximum Gasteiger partial charge on any atom is 0.537 e. The standard InChI is InChI=1S/C22H28N2O14/c1-10(2)18(34-21(32)37-23-13(25)5-6-14(23)26)12(9-17(29)30)19(31)35-20(11(3)4)36-22(33)38-24-15(27)7-8-16(24)28/h10-12,18,20H,5-9H2,1-4H3,(H,29,30). The summed E-state index contributed by atoms with van der Waals surface area (Å²) in [6.07, 6.45) is -7.75. The number of carboxylic acids is 1. The van der Waals surface area contributed by atoms with E-state index in [4.69, 9.17) is 14.2 Å². The number of hydrogen-bond donors (Lipinski definition) is 1. The van der Waals surface area contributed by atoms with Crippen LogP contribution in [0.4, 0.5) is 9.59 Å². The fourth-order valence-electron chi connectivity index (χ4n) is 3.42. The summed E-state index contributed by atoms with van der Waals surface area (Å²) >= 11 is 0. The molecule has 0 bridgehead atoms. The van der Waals surface area contributed by atoms with Crippen molar-refractivity contribution in [2.75, 3.05) is 0 Å². The first-order chi connectivity index (χ1) is 17.7. The molecule has 0 aromatic heterocycles. The van der Waals surface area contributed by atoms with Crippen molar-refractivity contribution in [1.29, 1.82) is 0 Å². The molecule has 0 radical (unpaired) electrons. The van der Waals surface area contributed by atoms with Crippen molar-refractivity contribution in [3.8, 4) is 0 Å². The van der Waals surface area contributed by atoms with Gasteiger partial charge in [-0.25, -0.2) is 9.59 Å². The van der Waals surface area contributed by atoms with Crippen LogP contribution in [0.1, 0.15) is 59.8 Å². The molecule has 0 spiro atoms. The highest BCUT2D eigenvalue weighted by Crippen LogP contribution is 2.25. The highest BCUT2D eigenvalue weighted by atomic mass is 16.9. The van der Waals surface area contributed by atoms with Crippen LogP contribution < -0.4 is 0 Å². The largest absolute Gasteiger partial charge is 0.537 e. The second-order valence-corrected chi connectivity index (χ2v) is 9.04. The molecule has 2 fully saturated rings. The number of carbonyl (C=O) groups is 8. The van der Waals surface area contributed by atoms with Crippen molar-refractivity contribution in [3.05, 3.63) is 0 Å². The van der Waals surface area contributed by atoms with Gasteiger partial charge in [-0.3, -0.25) is 38.4 Å². The first-order valence-corrected chi connectivity index (χ1v) is 11.6. The third kappa shape index (κ3) is 7.88. The van der Waals surface area contributed by atoms with Gasteiger partial charge in [-0.05, 0) is 5.92 Å². The SMILES string of the molecule is CC(C)C(OC(=O)ON1C(=O)CCC1=O)OC(=O)C(CC(=O)O)C(OC(=O)ON1C(=O)CCC1=O)C(C)C. The summed E-state index contributed by atoms with van der Waals surface area (Å²) in [5.74, 6) is -8.86. The van der Waals surface area contributed by atoms with E-state index in [2.05, 4.69) is 9.68 Å². The molecule has 2 aliphatic heterocycles. The molecule has 3 unspecified atom stereocenters. The fraction of sp³-hybridized carbons (Fsp3) is 0.636. The van der Waals surface area contributed by atoms with Gasteiger partial charge in [0.25, 0.3) is 29.9 Å². The second-order valence-electron chi connectivity index (χ2n) is 9.04. The van der Waals surface area contributed by atoms with Gasteiger partial charge in [0.1, 0.15) is 12.0 Å². The topological polar surface area (TPSA) is 209 Å². The highest BCUT2D eigenvalue weighted by molar-refractivity contribution is 6.02. The molecule has 38 heavy (non-hydrogen) atoms. The maximum atomic E-state index is 13.0. The average Bonchev–Trinajstić information content (AvgIpc) is 3.30. The number of imide groups is 2. The van der Waals surface area contributed by atoms with Crippen LogP contribution in [0, 0.1) is 17.8 Å². The van der Waals surface area contributed by atoms with Crippen LogP contribution in [0.5, 0.6) is 0 Å². The van der Waals surface area contributed by atoms with Crippen molar-refractivity contribution in [1.82, 2.24) is 10.1 Å². The lowest BCUT2D eigenvalue weighted by Crippen LogP contribution is -2.43. The van der Waals surface area contributed by atoms with Gasteiger partial charge in [0.15, 0.2) is 0 Å². The van der Waals surface area contributed by atoms with Gasteiger partial charge in [0.2, 0.25) is 0 Å². The fourth-order valence-corrected chi connectivity index (χ4v) is 3.42. The Morgan fingerprint density at radius 2 is 1.13 bits per heavy atom. The third-order valence-corrected chi connectivity index (χ3v) is 5.32. The van der Waals surface area contributed by atoms with E-state index in [-0.39, 0.29) is 35.8 Å². The molecule has 2 rings (SSSR count). The van der Waals surface area contributed by atoms with Crippen LogP contribution in [0.15, 0.2) is 0 Å². The summed E-state index contributed by atoms with van der Waals surface area (Å²) in [6.45, 7) is 5.93. The number of ether oxygens (including phenoxy) is 3. The van der Waals surface area contributed by atoms with Gasteiger partial charge in [-0.15, -0.1) is 0 Å². The molecule has 3 atom stereocenters. The van der Waals surface area contributed by atoms with E-state index in [0.717, 1.165) is 0 Å². The average molecular weight is 544 g/mol. The lowest BCUT2D eigenvalue weighted by molar-refractivity contribution is -0.205. The minimum atomic E-state index is -1.65. The van der Waals surface area contributed by atoms with Gasteiger partial charge in [-0.2, -0.15) is 0 Å².